The minimum atomic E-state index is -0.479. The Labute approximate surface area is 66.2 Å². The molecule has 1 saturated carbocycles. The van der Waals surface area contributed by atoms with Gasteiger partial charge in [0.25, 0.3) is 0 Å². The normalized spacial score (nSPS) is 31.2. The van der Waals surface area contributed by atoms with Crippen LogP contribution in [0.4, 0.5) is 4.39 Å². The van der Waals surface area contributed by atoms with Crippen LogP contribution in [0.2, 0.25) is 0 Å². The maximum atomic E-state index is 11.9. The summed E-state index contributed by atoms with van der Waals surface area (Å²) in [5.41, 5.74) is 0. The molecule has 0 aliphatic heterocycles. The van der Waals surface area contributed by atoms with E-state index in [1.54, 1.807) is 6.92 Å². The van der Waals surface area contributed by atoms with E-state index in [1.807, 2.05) is 6.92 Å². The summed E-state index contributed by atoms with van der Waals surface area (Å²) in [7, 11) is 0. The van der Waals surface area contributed by atoms with Crippen molar-refractivity contribution >= 4 is 5.91 Å². The average molecular weight is 159 g/mol. The van der Waals surface area contributed by atoms with Gasteiger partial charge in [-0.05, 0) is 19.3 Å². The predicted octanol–water partition coefficient (Wildman–Crippen LogP) is 1.12. The van der Waals surface area contributed by atoms with E-state index in [-0.39, 0.29) is 17.9 Å². The monoisotopic (exact) mass is 159 g/mol. The second-order valence-electron chi connectivity index (χ2n) is 3.38. The molecule has 0 aromatic rings. The van der Waals surface area contributed by atoms with Crippen LogP contribution in [0, 0.1) is 11.8 Å². The number of hydrogen-bond acceptors (Lipinski definition) is 1. The molecular formula is C8H14FNO. The van der Waals surface area contributed by atoms with Gasteiger partial charge in [0.15, 0.2) is 0 Å². The van der Waals surface area contributed by atoms with Crippen LogP contribution < -0.4 is 5.32 Å². The van der Waals surface area contributed by atoms with Gasteiger partial charge in [0.2, 0.25) is 5.91 Å². The third kappa shape index (κ3) is 2.17. The molecule has 3 atom stereocenters. The Hall–Kier alpha value is -0.600. The lowest BCUT2D eigenvalue weighted by Crippen LogP contribution is -2.35. The minimum Gasteiger partial charge on any atom is -0.351 e. The van der Waals surface area contributed by atoms with Gasteiger partial charge in [-0.3, -0.25) is 4.79 Å². The standard InChI is InChI=1S/C8H14FNO/c1-5-3-7(5)8(11)10-6(2)4-9/h5-7H,3-4H2,1-2H3,(H,10,11)/t5-,6?,7-/m0/s1. The Bertz CT molecular complexity index is 160. The fraction of sp³-hybridized carbons (Fsp3) is 0.875. The van der Waals surface area contributed by atoms with Crippen LogP contribution in [0.5, 0.6) is 0 Å². The van der Waals surface area contributed by atoms with Crippen LogP contribution in [0.25, 0.3) is 0 Å². The second kappa shape index (κ2) is 3.20. The zero-order chi connectivity index (χ0) is 8.43. The molecule has 1 N–H and O–H groups in total. The van der Waals surface area contributed by atoms with Gasteiger partial charge in [0, 0.05) is 5.92 Å². The molecule has 1 rings (SSSR count). The molecule has 1 unspecified atom stereocenters. The van der Waals surface area contributed by atoms with Crippen molar-refractivity contribution in [3.05, 3.63) is 0 Å². The van der Waals surface area contributed by atoms with E-state index in [2.05, 4.69) is 5.32 Å². The van der Waals surface area contributed by atoms with Crippen LogP contribution in [-0.2, 0) is 4.79 Å². The molecule has 11 heavy (non-hydrogen) atoms. The summed E-state index contributed by atoms with van der Waals surface area (Å²) in [5.74, 6) is 0.675. The number of alkyl halides is 1. The van der Waals surface area contributed by atoms with Crippen molar-refractivity contribution in [1.29, 1.82) is 0 Å². The molecule has 1 aliphatic rings. The highest BCUT2D eigenvalue weighted by molar-refractivity contribution is 5.81. The number of hydrogen-bond donors (Lipinski definition) is 1. The van der Waals surface area contributed by atoms with Gasteiger partial charge >= 0.3 is 0 Å². The zero-order valence-electron chi connectivity index (χ0n) is 6.93. The quantitative estimate of drug-likeness (QED) is 0.656. The zero-order valence-corrected chi connectivity index (χ0v) is 6.93. The van der Waals surface area contributed by atoms with E-state index in [0.29, 0.717) is 5.92 Å². The van der Waals surface area contributed by atoms with E-state index in [4.69, 9.17) is 0 Å². The molecule has 0 heterocycles. The molecule has 2 nitrogen and oxygen atoms in total. The average Bonchev–Trinajstić information content (AvgIpc) is 2.66. The van der Waals surface area contributed by atoms with Gasteiger partial charge in [0.1, 0.15) is 6.67 Å². The number of rotatable bonds is 3. The molecule has 64 valence electrons. The van der Waals surface area contributed by atoms with Gasteiger partial charge in [0.05, 0.1) is 6.04 Å². The Morgan fingerprint density at radius 1 is 1.82 bits per heavy atom. The summed E-state index contributed by atoms with van der Waals surface area (Å²) in [6.45, 7) is 3.22. The summed E-state index contributed by atoms with van der Waals surface area (Å²) in [4.78, 5) is 11.1. The number of carbonyl (C=O) groups excluding carboxylic acids is 1. The van der Waals surface area contributed by atoms with E-state index < -0.39 is 6.67 Å². The lowest BCUT2D eigenvalue weighted by Gasteiger charge is -2.08. The van der Waals surface area contributed by atoms with Crippen molar-refractivity contribution in [2.24, 2.45) is 11.8 Å². The van der Waals surface area contributed by atoms with Crippen molar-refractivity contribution in [1.82, 2.24) is 5.32 Å². The number of halogens is 1. The fourth-order valence-corrected chi connectivity index (χ4v) is 1.08. The largest absolute Gasteiger partial charge is 0.351 e. The maximum Gasteiger partial charge on any atom is 0.223 e. The number of amides is 1. The summed E-state index contributed by atoms with van der Waals surface area (Å²) in [6, 6.07) is -0.324. The van der Waals surface area contributed by atoms with Crippen LogP contribution in [-0.4, -0.2) is 18.6 Å². The van der Waals surface area contributed by atoms with Crippen molar-refractivity contribution in [3.63, 3.8) is 0 Å². The van der Waals surface area contributed by atoms with Crippen molar-refractivity contribution < 1.29 is 9.18 Å². The van der Waals surface area contributed by atoms with Crippen molar-refractivity contribution in [2.45, 2.75) is 26.3 Å². The Balaban J connectivity index is 2.21. The van der Waals surface area contributed by atoms with E-state index >= 15 is 0 Å². The van der Waals surface area contributed by atoms with Gasteiger partial charge in [-0.25, -0.2) is 4.39 Å². The smallest absolute Gasteiger partial charge is 0.223 e. The first kappa shape index (κ1) is 8.50. The highest BCUT2D eigenvalue weighted by atomic mass is 19.1. The summed E-state index contributed by atoms with van der Waals surface area (Å²) >= 11 is 0. The van der Waals surface area contributed by atoms with Crippen LogP contribution in [0.15, 0.2) is 0 Å². The van der Waals surface area contributed by atoms with Crippen LogP contribution in [0.1, 0.15) is 20.3 Å². The van der Waals surface area contributed by atoms with E-state index in [0.717, 1.165) is 6.42 Å². The first-order valence-electron chi connectivity index (χ1n) is 4.01. The summed E-state index contributed by atoms with van der Waals surface area (Å²) in [5, 5.41) is 2.61. The first-order valence-corrected chi connectivity index (χ1v) is 4.01. The fourth-order valence-electron chi connectivity index (χ4n) is 1.08. The van der Waals surface area contributed by atoms with Gasteiger partial charge in [-0.15, -0.1) is 0 Å². The molecule has 1 amide bonds. The molecule has 0 aromatic carbocycles. The molecule has 0 aromatic heterocycles. The van der Waals surface area contributed by atoms with Crippen molar-refractivity contribution in [2.75, 3.05) is 6.67 Å². The Kier molecular flexibility index (Phi) is 2.47. The van der Waals surface area contributed by atoms with Crippen molar-refractivity contribution in [3.8, 4) is 0 Å². The molecule has 0 spiro atoms. The number of nitrogens with one attached hydrogen (secondary N) is 1. The van der Waals surface area contributed by atoms with Crippen LogP contribution in [0.3, 0.4) is 0 Å². The highest BCUT2D eigenvalue weighted by Crippen LogP contribution is 2.37. The molecule has 0 bridgehead atoms. The third-order valence-electron chi connectivity index (χ3n) is 2.07. The Morgan fingerprint density at radius 3 is 2.73 bits per heavy atom. The molecule has 3 heteroatoms. The topological polar surface area (TPSA) is 29.1 Å². The lowest BCUT2D eigenvalue weighted by atomic mass is 10.3. The first-order chi connectivity index (χ1) is 5.15. The maximum absolute atomic E-state index is 11.9. The lowest BCUT2D eigenvalue weighted by molar-refractivity contribution is -0.123. The SMILES string of the molecule is CC(CF)NC(=O)[C@H]1C[C@@H]1C. The molecule has 0 saturated heterocycles. The molecule has 1 aliphatic carbocycles. The molecule has 1 fully saturated rings. The highest BCUT2D eigenvalue weighted by Gasteiger charge is 2.39. The third-order valence-corrected chi connectivity index (χ3v) is 2.07. The molecule has 0 radical (unpaired) electrons. The second-order valence-corrected chi connectivity index (χ2v) is 3.38. The Morgan fingerprint density at radius 2 is 2.36 bits per heavy atom. The minimum absolute atomic E-state index is 0.0163. The van der Waals surface area contributed by atoms with Crippen LogP contribution >= 0.6 is 0 Å². The number of carbonyl (C=O) groups is 1. The summed E-state index contributed by atoms with van der Waals surface area (Å²) in [6.07, 6.45) is 0.963. The van der Waals surface area contributed by atoms with E-state index in [1.165, 1.54) is 0 Å². The van der Waals surface area contributed by atoms with Gasteiger partial charge < -0.3 is 5.32 Å². The molecular weight excluding hydrogens is 145 g/mol. The van der Waals surface area contributed by atoms with Gasteiger partial charge in [-0.2, -0.15) is 0 Å². The predicted molar refractivity (Wildman–Crippen MR) is 40.9 cm³/mol. The van der Waals surface area contributed by atoms with Gasteiger partial charge in [-0.1, -0.05) is 6.92 Å². The summed E-state index contributed by atoms with van der Waals surface area (Å²) < 4.78 is 11.9. The van der Waals surface area contributed by atoms with E-state index in [9.17, 15) is 9.18 Å².